The van der Waals surface area contributed by atoms with Gasteiger partial charge in [-0.05, 0) is 13.0 Å². The number of hydrogen-bond donors (Lipinski definition) is 6. The predicted octanol–water partition coefficient (Wildman–Crippen LogP) is -1.88. The minimum atomic E-state index is -1.00. The monoisotopic (exact) mass is 252 g/mol. The van der Waals surface area contributed by atoms with E-state index in [1.807, 2.05) is 0 Å². The van der Waals surface area contributed by atoms with Gasteiger partial charge in [0.2, 0.25) is 0 Å². The summed E-state index contributed by atoms with van der Waals surface area (Å²) in [7, 11) is 0. The number of carbonyl (C=O) groups is 2. The van der Waals surface area contributed by atoms with Crippen LogP contribution in [0.4, 0.5) is 0 Å². The molecular formula is C8H16N2O5S. The summed E-state index contributed by atoms with van der Waals surface area (Å²) >= 11 is 3.65. The summed E-state index contributed by atoms with van der Waals surface area (Å²) in [6, 6.07) is -1.56. The van der Waals surface area contributed by atoms with Gasteiger partial charge >= 0.3 is 11.9 Å². The van der Waals surface area contributed by atoms with E-state index in [-0.39, 0.29) is 5.75 Å². The normalized spacial score (nSPS) is 25.4. The lowest BCUT2D eigenvalue weighted by atomic mass is 10.2. The highest BCUT2D eigenvalue weighted by Crippen LogP contribution is 2.05. The molecule has 3 atom stereocenters. The molecule has 1 aliphatic rings. The largest absolute Gasteiger partial charge is 0.480 e. The molecule has 6 N–H and O–H groups in total. The molecular weight excluding hydrogens is 236 g/mol. The van der Waals surface area contributed by atoms with Crippen LogP contribution in [0.3, 0.4) is 0 Å². The highest BCUT2D eigenvalue weighted by atomic mass is 32.1. The molecule has 16 heavy (non-hydrogen) atoms. The zero-order valence-corrected chi connectivity index (χ0v) is 9.43. The van der Waals surface area contributed by atoms with Crippen molar-refractivity contribution in [3.63, 3.8) is 0 Å². The zero-order chi connectivity index (χ0) is 12.7. The van der Waals surface area contributed by atoms with Gasteiger partial charge in [0.05, 0.1) is 6.10 Å². The van der Waals surface area contributed by atoms with Gasteiger partial charge < -0.3 is 26.4 Å². The van der Waals surface area contributed by atoms with E-state index < -0.39 is 30.1 Å². The highest BCUT2D eigenvalue weighted by molar-refractivity contribution is 7.80. The number of rotatable bonds is 3. The Kier molecular flexibility index (Phi) is 7.06. The molecule has 1 aliphatic heterocycles. The van der Waals surface area contributed by atoms with Gasteiger partial charge in [0.25, 0.3) is 0 Å². The van der Waals surface area contributed by atoms with Gasteiger partial charge in [-0.15, -0.1) is 0 Å². The number of aliphatic carboxylic acids is 2. The Labute approximate surface area is 98.0 Å². The maximum absolute atomic E-state index is 10.2. The summed E-state index contributed by atoms with van der Waals surface area (Å²) in [4.78, 5) is 19.9. The highest BCUT2D eigenvalue weighted by Gasteiger charge is 2.30. The van der Waals surface area contributed by atoms with E-state index in [9.17, 15) is 9.59 Å². The summed E-state index contributed by atoms with van der Waals surface area (Å²) in [5, 5.41) is 27.9. The lowest BCUT2D eigenvalue weighted by Crippen LogP contribution is -2.38. The number of nitrogens with one attached hydrogen (secondary N) is 1. The van der Waals surface area contributed by atoms with Gasteiger partial charge in [0.1, 0.15) is 12.1 Å². The van der Waals surface area contributed by atoms with Crippen LogP contribution >= 0.6 is 12.6 Å². The lowest BCUT2D eigenvalue weighted by Gasteiger charge is -2.06. The first-order chi connectivity index (χ1) is 7.40. The van der Waals surface area contributed by atoms with Gasteiger partial charge in [0, 0.05) is 5.75 Å². The first-order valence-corrected chi connectivity index (χ1v) is 5.27. The summed E-state index contributed by atoms with van der Waals surface area (Å²) in [6.07, 6.45) is -0.167. The van der Waals surface area contributed by atoms with Crippen LogP contribution in [0.25, 0.3) is 0 Å². The molecule has 0 bridgehead atoms. The van der Waals surface area contributed by atoms with Crippen LogP contribution < -0.4 is 11.1 Å². The van der Waals surface area contributed by atoms with Crippen molar-refractivity contribution >= 4 is 24.6 Å². The van der Waals surface area contributed by atoms with Crippen LogP contribution in [0.1, 0.15) is 6.42 Å². The van der Waals surface area contributed by atoms with Crippen LogP contribution in [0.15, 0.2) is 0 Å². The Hall–Kier alpha value is -0.830. The molecule has 0 aliphatic carbocycles. The van der Waals surface area contributed by atoms with E-state index in [4.69, 9.17) is 21.1 Å². The summed E-state index contributed by atoms with van der Waals surface area (Å²) in [6.45, 7) is 0.595. The van der Waals surface area contributed by atoms with Gasteiger partial charge in [0.15, 0.2) is 0 Å². The standard InChI is InChI=1S/C5H9NO3.C3H7NO2S/c7-3-1-2-6-4(3)5(8)9;4-2(1-7)3(5)6/h3-4,6-7H,1-2H2,(H,8,9);2,7H,1,4H2,(H,5,6)/t3?,4-;2-/m00/s1. The number of aliphatic hydroxyl groups excluding tert-OH is 1. The zero-order valence-electron chi connectivity index (χ0n) is 8.54. The third-order valence-electron chi connectivity index (χ3n) is 1.97. The van der Waals surface area contributed by atoms with Crippen LogP contribution in [0.5, 0.6) is 0 Å². The fraction of sp³-hybridized carbons (Fsp3) is 0.750. The quantitative estimate of drug-likeness (QED) is 0.324. The first-order valence-electron chi connectivity index (χ1n) is 4.63. The maximum Gasteiger partial charge on any atom is 0.323 e. The average molecular weight is 252 g/mol. The molecule has 0 radical (unpaired) electrons. The Bertz CT molecular complexity index is 251. The molecule has 8 heteroatoms. The molecule has 94 valence electrons. The van der Waals surface area contributed by atoms with E-state index in [1.165, 1.54) is 0 Å². The third kappa shape index (κ3) is 5.31. The molecule has 1 heterocycles. The molecule has 0 spiro atoms. The number of nitrogens with two attached hydrogens (primary N) is 1. The molecule has 1 rings (SSSR count). The van der Waals surface area contributed by atoms with Gasteiger partial charge in [-0.2, -0.15) is 12.6 Å². The molecule has 1 unspecified atom stereocenters. The Morgan fingerprint density at radius 2 is 2.06 bits per heavy atom. The van der Waals surface area contributed by atoms with Crippen molar-refractivity contribution in [2.75, 3.05) is 12.3 Å². The second kappa shape index (κ2) is 7.44. The lowest BCUT2D eigenvalue weighted by molar-refractivity contribution is -0.141. The molecule has 0 aromatic heterocycles. The summed E-state index contributed by atoms with van der Waals surface area (Å²) < 4.78 is 0. The number of thiol groups is 1. The second-order valence-electron chi connectivity index (χ2n) is 3.25. The fourth-order valence-corrected chi connectivity index (χ4v) is 1.18. The molecule has 1 fully saturated rings. The molecule has 0 aromatic carbocycles. The minimum absolute atomic E-state index is 0.190. The predicted molar refractivity (Wildman–Crippen MR) is 59.5 cm³/mol. The van der Waals surface area contributed by atoms with E-state index in [0.717, 1.165) is 0 Å². The topological polar surface area (TPSA) is 133 Å². The number of carboxylic acid groups (broad SMARTS) is 2. The first kappa shape index (κ1) is 15.2. The second-order valence-corrected chi connectivity index (χ2v) is 3.62. The van der Waals surface area contributed by atoms with E-state index in [2.05, 4.69) is 17.9 Å². The molecule has 7 nitrogen and oxygen atoms in total. The van der Waals surface area contributed by atoms with Crippen molar-refractivity contribution in [2.45, 2.75) is 24.6 Å². The average Bonchev–Trinajstić information content (AvgIpc) is 2.64. The molecule has 1 saturated heterocycles. The number of carboxylic acids is 2. The minimum Gasteiger partial charge on any atom is -0.480 e. The smallest absolute Gasteiger partial charge is 0.323 e. The van der Waals surface area contributed by atoms with E-state index in [0.29, 0.717) is 13.0 Å². The Balaban J connectivity index is 0.000000293. The maximum atomic E-state index is 10.2. The third-order valence-corrected chi connectivity index (χ3v) is 2.36. The van der Waals surface area contributed by atoms with Crippen molar-refractivity contribution in [3.05, 3.63) is 0 Å². The van der Waals surface area contributed by atoms with Crippen LogP contribution in [-0.2, 0) is 9.59 Å². The van der Waals surface area contributed by atoms with Gasteiger partial charge in [-0.25, -0.2) is 0 Å². The Morgan fingerprint density at radius 1 is 1.50 bits per heavy atom. The number of hydrogen-bond acceptors (Lipinski definition) is 6. The molecule has 0 aromatic rings. The summed E-state index contributed by atoms with van der Waals surface area (Å²) in [5.74, 6) is -1.79. The fourth-order valence-electron chi connectivity index (χ4n) is 1.02. The van der Waals surface area contributed by atoms with Gasteiger partial charge in [-0.3, -0.25) is 9.59 Å². The SMILES string of the molecule is N[C@@H](CS)C(=O)O.O=C(O)[C@H]1NCCC1O. The van der Waals surface area contributed by atoms with Gasteiger partial charge in [-0.1, -0.05) is 0 Å². The van der Waals surface area contributed by atoms with E-state index in [1.54, 1.807) is 0 Å². The van der Waals surface area contributed by atoms with Crippen LogP contribution in [-0.4, -0.2) is 57.7 Å². The van der Waals surface area contributed by atoms with Crippen molar-refractivity contribution in [3.8, 4) is 0 Å². The number of aliphatic hydroxyl groups is 1. The van der Waals surface area contributed by atoms with Crippen molar-refractivity contribution in [1.29, 1.82) is 0 Å². The summed E-state index contributed by atoms with van der Waals surface area (Å²) in [5.41, 5.74) is 4.94. The molecule has 0 amide bonds. The van der Waals surface area contributed by atoms with E-state index >= 15 is 0 Å². The Morgan fingerprint density at radius 3 is 2.19 bits per heavy atom. The van der Waals surface area contributed by atoms with Crippen LogP contribution in [0, 0.1) is 0 Å². The van der Waals surface area contributed by atoms with Crippen molar-refractivity contribution in [2.24, 2.45) is 5.73 Å². The molecule has 0 saturated carbocycles. The van der Waals surface area contributed by atoms with Crippen LogP contribution in [0.2, 0.25) is 0 Å². The van der Waals surface area contributed by atoms with Crippen molar-refractivity contribution in [1.82, 2.24) is 5.32 Å². The van der Waals surface area contributed by atoms with Crippen molar-refractivity contribution < 1.29 is 24.9 Å².